The summed E-state index contributed by atoms with van der Waals surface area (Å²) in [7, 11) is 0. The van der Waals surface area contributed by atoms with E-state index in [0.717, 1.165) is 17.2 Å². The SMILES string of the molecule is CC1(c2ncc(C(=O)O)s2)CCCS1. The second kappa shape index (κ2) is 3.55. The van der Waals surface area contributed by atoms with Gasteiger partial charge in [0.15, 0.2) is 0 Å². The molecule has 1 atom stereocenters. The Bertz CT molecular complexity index is 355. The third kappa shape index (κ3) is 1.66. The molecule has 1 aromatic heterocycles. The van der Waals surface area contributed by atoms with Crippen LogP contribution in [-0.2, 0) is 4.75 Å². The van der Waals surface area contributed by atoms with E-state index in [9.17, 15) is 4.79 Å². The lowest BCUT2D eigenvalue weighted by molar-refractivity contribution is 0.0702. The highest BCUT2D eigenvalue weighted by Crippen LogP contribution is 2.47. The highest BCUT2D eigenvalue weighted by Gasteiger charge is 2.34. The van der Waals surface area contributed by atoms with Crippen LogP contribution in [0.4, 0.5) is 0 Å². The molecule has 1 aliphatic rings. The van der Waals surface area contributed by atoms with Crippen LogP contribution < -0.4 is 0 Å². The molecular formula is C9H11NO2S2. The quantitative estimate of drug-likeness (QED) is 0.846. The number of aromatic carboxylic acids is 1. The average molecular weight is 229 g/mol. The molecule has 1 aliphatic heterocycles. The zero-order valence-electron chi connectivity index (χ0n) is 7.82. The molecule has 0 radical (unpaired) electrons. The zero-order chi connectivity index (χ0) is 10.2. The maximum atomic E-state index is 10.7. The monoisotopic (exact) mass is 229 g/mol. The first-order chi connectivity index (χ1) is 6.62. The summed E-state index contributed by atoms with van der Waals surface area (Å²) in [6.45, 7) is 2.15. The fourth-order valence-corrected chi connectivity index (χ4v) is 3.90. The lowest BCUT2D eigenvalue weighted by Gasteiger charge is -2.18. The fourth-order valence-electron chi connectivity index (χ4n) is 1.57. The Kier molecular flexibility index (Phi) is 2.53. The zero-order valence-corrected chi connectivity index (χ0v) is 9.45. The molecule has 0 bridgehead atoms. The molecule has 2 heterocycles. The first kappa shape index (κ1) is 9.98. The van der Waals surface area contributed by atoms with Crippen molar-refractivity contribution in [3.63, 3.8) is 0 Å². The van der Waals surface area contributed by atoms with E-state index in [1.807, 2.05) is 11.8 Å². The van der Waals surface area contributed by atoms with Gasteiger partial charge in [0, 0.05) is 0 Å². The number of hydrogen-bond acceptors (Lipinski definition) is 4. The standard InChI is InChI=1S/C9H11NO2S2/c1-9(3-2-4-13-9)8-10-5-6(14-8)7(11)12/h5H,2-4H2,1H3,(H,11,12). The van der Waals surface area contributed by atoms with Crippen molar-refractivity contribution in [1.82, 2.24) is 4.98 Å². The summed E-state index contributed by atoms with van der Waals surface area (Å²) in [5, 5.41) is 9.74. The molecular weight excluding hydrogens is 218 g/mol. The number of nitrogens with zero attached hydrogens (tertiary/aromatic N) is 1. The molecule has 3 nitrogen and oxygen atoms in total. The first-order valence-corrected chi connectivity index (χ1v) is 6.25. The lowest BCUT2D eigenvalue weighted by atomic mass is 10.1. The van der Waals surface area contributed by atoms with Gasteiger partial charge in [-0.2, -0.15) is 0 Å². The highest BCUT2D eigenvalue weighted by molar-refractivity contribution is 8.00. The van der Waals surface area contributed by atoms with Crippen LogP contribution in [0.15, 0.2) is 6.20 Å². The Morgan fingerprint density at radius 1 is 1.71 bits per heavy atom. The van der Waals surface area contributed by atoms with Gasteiger partial charge < -0.3 is 5.11 Å². The predicted octanol–water partition coefficient (Wildman–Crippen LogP) is 2.58. The van der Waals surface area contributed by atoms with Crippen LogP contribution in [0.1, 0.15) is 34.4 Å². The Morgan fingerprint density at radius 2 is 2.50 bits per heavy atom. The third-order valence-electron chi connectivity index (χ3n) is 2.39. The van der Waals surface area contributed by atoms with E-state index in [1.54, 1.807) is 0 Å². The van der Waals surface area contributed by atoms with Crippen molar-refractivity contribution < 1.29 is 9.90 Å². The number of thioether (sulfide) groups is 1. The molecule has 0 aliphatic carbocycles. The molecule has 1 fully saturated rings. The van der Waals surface area contributed by atoms with E-state index in [2.05, 4.69) is 11.9 Å². The molecule has 1 aromatic rings. The second-order valence-electron chi connectivity index (χ2n) is 3.52. The smallest absolute Gasteiger partial charge is 0.347 e. The van der Waals surface area contributed by atoms with Crippen molar-refractivity contribution in [2.45, 2.75) is 24.5 Å². The second-order valence-corrected chi connectivity index (χ2v) is 6.15. The van der Waals surface area contributed by atoms with Crippen LogP contribution in [0.3, 0.4) is 0 Å². The molecule has 14 heavy (non-hydrogen) atoms. The Morgan fingerprint density at radius 3 is 3.00 bits per heavy atom. The van der Waals surface area contributed by atoms with Gasteiger partial charge in [-0.1, -0.05) is 0 Å². The van der Waals surface area contributed by atoms with E-state index in [4.69, 9.17) is 5.11 Å². The number of hydrogen-bond donors (Lipinski definition) is 1. The summed E-state index contributed by atoms with van der Waals surface area (Å²) in [6.07, 6.45) is 3.76. The minimum Gasteiger partial charge on any atom is -0.477 e. The highest BCUT2D eigenvalue weighted by atomic mass is 32.2. The van der Waals surface area contributed by atoms with Gasteiger partial charge in [0.1, 0.15) is 9.88 Å². The Labute approximate surface area is 90.6 Å². The van der Waals surface area contributed by atoms with Crippen LogP contribution in [0.25, 0.3) is 0 Å². The largest absolute Gasteiger partial charge is 0.477 e. The summed E-state index contributed by atoms with van der Waals surface area (Å²) in [5.41, 5.74) is 0. The summed E-state index contributed by atoms with van der Waals surface area (Å²) in [6, 6.07) is 0. The topological polar surface area (TPSA) is 50.2 Å². The molecule has 0 saturated carbocycles. The number of carbonyl (C=O) groups is 1. The predicted molar refractivity (Wildman–Crippen MR) is 58.1 cm³/mol. The maximum absolute atomic E-state index is 10.7. The van der Waals surface area contributed by atoms with Crippen molar-refractivity contribution >= 4 is 29.1 Å². The number of carboxylic acid groups (broad SMARTS) is 1. The summed E-state index contributed by atoms with van der Waals surface area (Å²) in [5.74, 6) is 0.277. The van der Waals surface area contributed by atoms with Crippen molar-refractivity contribution in [2.75, 3.05) is 5.75 Å². The minimum absolute atomic E-state index is 0.0539. The summed E-state index contributed by atoms with van der Waals surface area (Å²) >= 11 is 3.18. The molecule has 0 spiro atoms. The van der Waals surface area contributed by atoms with Gasteiger partial charge in [0.05, 0.1) is 10.9 Å². The minimum atomic E-state index is -0.875. The normalized spacial score (nSPS) is 26.6. The van der Waals surface area contributed by atoms with Crippen molar-refractivity contribution in [3.05, 3.63) is 16.1 Å². The van der Waals surface area contributed by atoms with Gasteiger partial charge in [-0.25, -0.2) is 9.78 Å². The molecule has 2 rings (SSSR count). The molecule has 1 unspecified atom stereocenters. The molecule has 5 heteroatoms. The Hall–Kier alpha value is -0.550. The van der Waals surface area contributed by atoms with Gasteiger partial charge in [-0.05, 0) is 25.5 Å². The van der Waals surface area contributed by atoms with E-state index in [-0.39, 0.29) is 4.75 Å². The molecule has 1 N–H and O–H groups in total. The van der Waals surface area contributed by atoms with Crippen LogP contribution in [0, 0.1) is 0 Å². The summed E-state index contributed by atoms with van der Waals surface area (Å²) in [4.78, 5) is 15.2. The van der Waals surface area contributed by atoms with Crippen molar-refractivity contribution in [1.29, 1.82) is 0 Å². The fraction of sp³-hybridized carbons (Fsp3) is 0.556. The van der Waals surface area contributed by atoms with E-state index >= 15 is 0 Å². The molecule has 0 amide bonds. The number of aromatic nitrogens is 1. The first-order valence-electron chi connectivity index (χ1n) is 4.45. The van der Waals surface area contributed by atoms with E-state index in [0.29, 0.717) is 4.88 Å². The average Bonchev–Trinajstić information content (AvgIpc) is 2.71. The molecule has 1 saturated heterocycles. The van der Waals surface area contributed by atoms with Crippen LogP contribution in [0.5, 0.6) is 0 Å². The van der Waals surface area contributed by atoms with Crippen molar-refractivity contribution in [3.8, 4) is 0 Å². The van der Waals surface area contributed by atoms with E-state index in [1.165, 1.54) is 24.0 Å². The van der Waals surface area contributed by atoms with Crippen LogP contribution >= 0.6 is 23.1 Å². The number of rotatable bonds is 2. The van der Waals surface area contributed by atoms with Gasteiger partial charge in [0.25, 0.3) is 0 Å². The van der Waals surface area contributed by atoms with Crippen molar-refractivity contribution in [2.24, 2.45) is 0 Å². The number of carboxylic acids is 1. The van der Waals surface area contributed by atoms with Crippen LogP contribution in [-0.4, -0.2) is 21.8 Å². The van der Waals surface area contributed by atoms with Gasteiger partial charge >= 0.3 is 5.97 Å². The third-order valence-corrected chi connectivity index (χ3v) is 5.29. The molecule has 76 valence electrons. The maximum Gasteiger partial charge on any atom is 0.347 e. The number of thiazole rings is 1. The van der Waals surface area contributed by atoms with E-state index < -0.39 is 5.97 Å². The van der Waals surface area contributed by atoms with Crippen LogP contribution in [0.2, 0.25) is 0 Å². The molecule has 0 aromatic carbocycles. The van der Waals surface area contributed by atoms with Gasteiger partial charge in [0.2, 0.25) is 0 Å². The summed E-state index contributed by atoms with van der Waals surface area (Å²) < 4.78 is 0.0539. The van der Waals surface area contributed by atoms with Gasteiger partial charge in [-0.15, -0.1) is 23.1 Å². The Balaban J connectivity index is 2.28. The lowest BCUT2D eigenvalue weighted by Crippen LogP contribution is -2.11. The van der Waals surface area contributed by atoms with Gasteiger partial charge in [-0.3, -0.25) is 0 Å².